The maximum absolute atomic E-state index is 5.58. The van der Waals surface area contributed by atoms with Crippen molar-refractivity contribution >= 4 is 22.8 Å². The molecule has 0 bridgehead atoms. The SMILES string of the molecule is CCCCCCCCCCCCCCCCCCCCCC=CC(=Nc1cc(CCCCC)cc(CCCCC)c1)C(CCCC)=Nc1cc(CCCCC)cc(CCCCC)c1.[Ni]. The van der Waals surface area contributed by atoms with Gasteiger partial charge in [-0.3, -0.25) is 4.99 Å². The molecule has 0 unspecified atom stereocenters. The van der Waals surface area contributed by atoms with Crippen molar-refractivity contribution in [2.24, 2.45) is 9.98 Å². The molecule has 2 rings (SSSR count). The summed E-state index contributed by atoms with van der Waals surface area (Å²) in [6.45, 7) is 13.9. The van der Waals surface area contributed by atoms with Gasteiger partial charge in [-0.15, -0.1) is 0 Å². The Morgan fingerprint density at radius 3 is 0.984 bits per heavy atom. The third-order valence-corrected chi connectivity index (χ3v) is 13.2. The van der Waals surface area contributed by atoms with Crippen LogP contribution in [0.25, 0.3) is 0 Å². The van der Waals surface area contributed by atoms with Gasteiger partial charge in [-0.25, -0.2) is 4.99 Å². The van der Waals surface area contributed by atoms with Crippen LogP contribution in [-0.4, -0.2) is 11.4 Å². The van der Waals surface area contributed by atoms with Crippen LogP contribution in [0.5, 0.6) is 0 Å². The quantitative estimate of drug-likeness (QED) is 0.0360. The number of aliphatic imine (C=N–C) groups is 2. The Balaban J connectivity index is 0.0000205. The molecule has 0 saturated heterocycles. The largest absolute Gasteiger partial charge is 0.251 e. The first kappa shape index (κ1) is 60.0. The van der Waals surface area contributed by atoms with Gasteiger partial charge in [0, 0.05) is 16.5 Å². The van der Waals surface area contributed by atoms with Crippen LogP contribution in [0.2, 0.25) is 0 Å². The summed E-state index contributed by atoms with van der Waals surface area (Å²) >= 11 is 0. The summed E-state index contributed by atoms with van der Waals surface area (Å²) in [6.07, 6.45) is 56.0. The van der Waals surface area contributed by atoms with Gasteiger partial charge >= 0.3 is 0 Å². The molecule has 0 aliphatic rings. The van der Waals surface area contributed by atoms with Crippen LogP contribution in [0.4, 0.5) is 11.4 Å². The zero-order chi connectivity index (χ0) is 45.3. The Bertz CT molecular complexity index is 1400. The predicted octanol–water partition coefficient (Wildman–Crippen LogP) is 21.0. The zero-order valence-corrected chi connectivity index (χ0v) is 44.4. The Hall–Kier alpha value is -1.99. The molecule has 0 saturated carbocycles. The first-order chi connectivity index (χ1) is 31.1. The summed E-state index contributed by atoms with van der Waals surface area (Å²) in [5.74, 6) is 0. The van der Waals surface area contributed by atoms with E-state index in [-0.39, 0.29) is 16.5 Å². The molecule has 3 heteroatoms. The minimum Gasteiger partial charge on any atom is -0.251 e. The minimum atomic E-state index is 0. The molecule has 0 radical (unpaired) electrons. The fraction of sp³-hybridized carbons (Fsp3) is 0.738. The summed E-state index contributed by atoms with van der Waals surface area (Å²) in [7, 11) is 0. The van der Waals surface area contributed by atoms with Crippen LogP contribution in [0, 0.1) is 0 Å². The maximum atomic E-state index is 5.58. The molecular weight excluding hydrogens is 819 g/mol. The maximum Gasteiger partial charge on any atom is 0.0848 e. The molecule has 0 atom stereocenters. The van der Waals surface area contributed by atoms with E-state index >= 15 is 0 Å². The van der Waals surface area contributed by atoms with Gasteiger partial charge in [0.25, 0.3) is 0 Å². The van der Waals surface area contributed by atoms with Gasteiger partial charge in [-0.2, -0.15) is 0 Å². The van der Waals surface area contributed by atoms with Crippen LogP contribution in [0.3, 0.4) is 0 Å². The van der Waals surface area contributed by atoms with E-state index in [1.165, 1.54) is 221 Å². The van der Waals surface area contributed by atoms with Crippen molar-refractivity contribution in [2.45, 2.75) is 292 Å². The number of rotatable bonds is 43. The van der Waals surface area contributed by atoms with E-state index in [9.17, 15) is 0 Å². The summed E-state index contributed by atoms with van der Waals surface area (Å²) < 4.78 is 0. The molecule has 368 valence electrons. The zero-order valence-electron chi connectivity index (χ0n) is 43.4. The van der Waals surface area contributed by atoms with E-state index in [0.717, 1.165) is 74.2 Å². The van der Waals surface area contributed by atoms with Gasteiger partial charge in [0.05, 0.1) is 22.8 Å². The topological polar surface area (TPSA) is 24.7 Å². The fourth-order valence-corrected chi connectivity index (χ4v) is 9.12. The Morgan fingerprint density at radius 2 is 0.641 bits per heavy atom. The van der Waals surface area contributed by atoms with Crippen molar-refractivity contribution < 1.29 is 16.5 Å². The van der Waals surface area contributed by atoms with Crippen molar-refractivity contribution in [3.8, 4) is 0 Å². The molecule has 0 N–H and O–H groups in total. The monoisotopic (exact) mass is 923 g/mol. The molecule has 0 aromatic heterocycles. The van der Waals surface area contributed by atoms with Gasteiger partial charge in [-0.1, -0.05) is 233 Å². The van der Waals surface area contributed by atoms with Gasteiger partial charge < -0.3 is 0 Å². The van der Waals surface area contributed by atoms with Gasteiger partial charge in [0.2, 0.25) is 0 Å². The molecule has 64 heavy (non-hydrogen) atoms. The number of allylic oxidation sites excluding steroid dienone is 2. The van der Waals surface area contributed by atoms with Crippen molar-refractivity contribution in [3.63, 3.8) is 0 Å². The standard InChI is InChI=1S/C61H104N2.Ni/c1-7-13-19-20-21-22-23-24-25-26-27-28-29-30-31-32-33-34-35-36-41-47-61(63-59-52-56(44-39-16-10-4)49-57(53-59)45-40-17-11-5)60(46-18-12-6)62-58-50-54(42-37-14-8-2)48-55(51-58)43-38-15-9-3;/h41,47-53H,7-40,42-46H2,1-6H3;. The van der Waals surface area contributed by atoms with Crippen LogP contribution >= 0.6 is 0 Å². The molecule has 0 fully saturated rings. The minimum absolute atomic E-state index is 0. The normalized spacial score (nSPS) is 12.2. The molecule has 0 heterocycles. The average molecular weight is 924 g/mol. The van der Waals surface area contributed by atoms with E-state index in [1.807, 2.05) is 0 Å². The van der Waals surface area contributed by atoms with Crippen LogP contribution < -0.4 is 0 Å². The van der Waals surface area contributed by atoms with Crippen molar-refractivity contribution in [2.75, 3.05) is 0 Å². The molecule has 0 aliphatic carbocycles. The predicted molar refractivity (Wildman–Crippen MR) is 287 cm³/mol. The molecule has 0 spiro atoms. The molecule has 0 amide bonds. The fourth-order valence-electron chi connectivity index (χ4n) is 9.12. The number of aryl methyl sites for hydroxylation is 4. The summed E-state index contributed by atoms with van der Waals surface area (Å²) in [5.41, 5.74) is 10.3. The first-order valence-electron chi connectivity index (χ1n) is 28.1. The van der Waals surface area contributed by atoms with Crippen molar-refractivity contribution in [3.05, 3.63) is 70.8 Å². The van der Waals surface area contributed by atoms with E-state index < -0.39 is 0 Å². The van der Waals surface area contributed by atoms with E-state index in [2.05, 4.69) is 90.1 Å². The summed E-state index contributed by atoms with van der Waals surface area (Å²) in [6, 6.07) is 14.5. The second-order valence-electron chi connectivity index (χ2n) is 19.6. The number of nitrogens with zero attached hydrogens (tertiary/aromatic N) is 2. The number of hydrogen-bond donors (Lipinski definition) is 0. The number of benzene rings is 2. The first-order valence-corrected chi connectivity index (χ1v) is 28.1. The van der Waals surface area contributed by atoms with E-state index in [0.29, 0.717) is 0 Å². The third kappa shape index (κ3) is 31.8. The molecular formula is C61H104N2Ni. The second kappa shape index (κ2) is 43.6. The van der Waals surface area contributed by atoms with Crippen LogP contribution in [0.15, 0.2) is 58.5 Å². The summed E-state index contributed by atoms with van der Waals surface area (Å²) in [4.78, 5) is 11.1. The van der Waals surface area contributed by atoms with Crippen molar-refractivity contribution in [1.82, 2.24) is 0 Å². The number of hydrogen-bond acceptors (Lipinski definition) is 2. The molecule has 0 aliphatic heterocycles. The Kier molecular flexibility index (Phi) is 40.9. The number of unbranched alkanes of at least 4 members (excludes halogenated alkanes) is 28. The van der Waals surface area contributed by atoms with E-state index in [1.54, 1.807) is 0 Å². The Morgan fingerprint density at radius 1 is 0.344 bits per heavy atom. The molecule has 2 aromatic rings. The van der Waals surface area contributed by atoms with Crippen molar-refractivity contribution in [1.29, 1.82) is 0 Å². The van der Waals surface area contributed by atoms with E-state index in [4.69, 9.17) is 9.98 Å². The smallest absolute Gasteiger partial charge is 0.0848 e. The van der Waals surface area contributed by atoms with Crippen LogP contribution in [0.1, 0.15) is 289 Å². The van der Waals surface area contributed by atoms with Gasteiger partial charge in [0.15, 0.2) is 0 Å². The second-order valence-corrected chi connectivity index (χ2v) is 19.6. The third-order valence-electron chi connectivity index (χ3n) is 13.2. The average Bonchev–Trinajstić information content (AvgIpc) is 3.28. The molecule has 2 aromatic carbocycles. The van der Waals surface area contributed by atoms with Crippen LogP contribution in [-0.2, 0) is 42.2 Å². The summed E-state index contributed by atoms with van der Waals surface area (Å²) in [5, 5.41) is 0. The molecule has 2 nitrogen and oxygen atoms in total. The van der Waals surface area contributed by atoms with Gasteiger partial charge in [-0.05, 0) is 130 Å². The Labute approximate surface area is 410 Å². The van der Waals surface area contributed by atoms with Gasteiger partial charge in [0.1, 0.15) is 0 Å².